The first kappa shape index (κ1) is 13.5. The SMILES string of the molecule is CC.Cc1ccc2c(c1)N(c1ccccc1)CCO2. The third kappa shape index (κ3) is 2.90. The second-order valence-electron chi connectivity index (χ2n) is 4.31. The van der Waals surface area contributed by atoms with Crippen molar-refractivity contribution < 1.29 is 4.74 Å². The van der Waals surface area contributed by atoms with Gasteiger partial charge in [0.25, 0.3) is 0 Å². The van der Waals surface area contributed by atoms with Gasteiger partial charge in [-0.15, -0.1) is 0 Å². The van der Waals surface area contributed by atoms with Crippen LogP contribution in [0.5, 0.6) is 5.75 Å². The van der Waals surface area contributed by atoms with Crippen LogP contribution in [-0.4, -0.2) is 13.2 Å². The van der Waals surface area contributed by atoms with Crippen LogP contribution in [-0.2, 0) is 0 Å². The van der Waals surface area contributed by atoms with Gasteiger partial charge in [-0.25, -0.2) is 0 Å². The van der Waals surface area contributed by atoms with Crippen LogP contribution in [0.2, 0.25) is 0 Å². The summed E-state index contributed by atoms with van der Waals surface area (Å²) in [6.07, 6.45) is 0. The first-order valence-electron chi connectivity index (χ1n) is 6.90. The molecule has 0 fully saturated rings. The number of anilines is 2. The Morgan fingerprint density at radius 1 is 1.00 bits per heavy atom. The molecule has 2 nitrogen and oxygen atoms in total. The van der Waals surface area contributed by atoms with Crippen molar-refractivity contribution >= 4 is 11.4 Å². The van der Waals surface area contributed by atoms with Crippen LogP contribution < -0.4 is 9.64 Å². The Morgan fingerprint density at radius 2 is 1.74 bits per heavy atom. The normalized spacial score (nSPS) is 12.9. The highest BCUT2D eigenvalue weighted by Crippen LogP contribution is 2.36. The lowest BCUT2D eigenvalue weighted by molar-refractivity contribution is 0.314. The topological polar surface area (TPSA) is 12.5 Å². The zero-order valence-corrected chi connectivity index (χ0v) is 11.9. The Hall–Kier alpha value is -1.96. The summed E-state index contributed by atoms with van der Waals surface area (Å²) >= 11 is 0. The average Bonchev–Trinajstić information content (AvgIpc) is 2.49. The molecule has 2 aromatic carbocycles. The fraction of sp³-hybridized carbons (Fsp3) is 0.294. The van der Waals surface area contributed by atoms with Crippen LogP contribution in [0.4, 0.5) is 11.4 Å². The molecule has 0 unspecified atom stereocenters. The van der Waals surface area contributed by atoms with Crippen LogP contribution in [0.3, 0.4) is 0 Å². The quantitative estimate of drug-likeness (QED) is 0.741. The molecule has 0 saturated heterocycles. The first-order valence-corrected chi connectivity index (χ1v) is 6.90. The monoisotopic (exact) mass is 255 g/mol. The molecule has 0 radical (unpaired) electrons. The number of ether oxygens (including phenoxy) is 1. The number of hydrogen-bond acceptors (Lipinski definition) is 2. The van der Waals surface area contributed by atoms with Crippen molar-refractivity contribution in [3.05, 3.63) is 54.1 Å². The molecule has 0 N–H and O–H groups in total. The van der Waals surface area contributed by atoms with Crippen molar-refractivity contribution in [3.63, 3.8) is 0 Å². The smallest absolute Gasteiger partial charge is 0.143 e. The summed E-state index contributed by atoms with van der Waals surface area (Å²) in [5, 5.41) is 0. The summed E-state index contributed by atoms with van der Waals surface area (Å²) in [7, 11) is 0. The van der Waals surface area contributed by atoms with Gasteiger partial charge in [0.2, 0.25) is 0 Å². The maximum absolute atomic E-state index is 5.69. The third-order valence-electron chi connectivity index (χ3n) is 3.05. The molecule has 19 heavy (non-hydrogen) atoms. The van der Waals surface area contributed by atoms with Crippen molar-refractivity contribution in [2.45, 2.75) is 20.8 Å². The van der Waals surface area contributed by atoms with Gasteiger partial charge in [0, 0.05) is 5.69 Å². The minimum absolute atomic E-state index is 0.741. The van der Waals surface area contributed by atoms with Crippen molar-refractivity contribution in [2.75, 3.05) is 18.1 Å². The minimum Gasteiger partial charge on any atom is -0.490 e. The van der Waals surface area contributed by atoms with Gasteiger partial charge in [-0.2, -0.15) is 0 Å². The molecule has 0 saturated carbocycles. The van der Waals surface area contributed by atoms with Gasteiger partial charge >= 0.3 is 0 Å². The molecule has 2 heteroatoms. The molecule has 0 aromatic heterocycles. The van der Waals surface area contributed by atoms with Crippen molar-refractivity contribution in [2.24, 2.45) is 0 Å². The lowest BCUT2D eigenvalue weighted by Gasteiger charge is -2.31. The van der Waals surface area contributed by atoms with Gasteiger partial charge in [-0.1, -0.05) is 38.1 Å². The maximum atomic E-state index is 5.69. The zero-order chi connectivity index (χ0) is 13.7. The second kappa shape index (κ2) is 6.28. The number of benzene rings is 2. The number of nitrogens with zero attached hydrogens (tertiary/aromatic N) is 1. The van der Waals surface area contributed by atoms with Crippen LogP contribution in [0, 0.1) is 6.92 Å². The molecule has 1 heterocycles. The standard InChI is InChI=1S/C15H15NO.C2H6/c1-12-7-8-15-14(11-12)16(9-10-17-15)13-5-3-2-4-6-13;1-2/h2-8,11H,9-10H2,1H3;1-2H3. The highest BCUT2D eigenvalue weighted by molar-refractivity contribution is 5.70. The van der Waals surface area contributed by atoms with Crippen LogP contribution in [0.1, 0.15) is 19.4 Å². The van der Waals surface area contributed by atoms with Crippen molar-refractivity contribution in [1.82, 2.24) is 0 Å². The van der Waals surface area contributed by atoms with Gasteiger partial charge in [0.1, 0.15) is 12.4 Å². The number of hydrogen-bond donors (Lipinski definition) is 0. The van der Waals surface area contributed by atoms with Gasteiger partial charge in [-0.05, 0) is 36.8 Å². The molecular weight excluding hydrogens is 234 g/mol. The number of fused-ring (bicyclic) bond motifs is 1. The van der Waals surface area contributed by atoms with E-state index in [0.717, 1.165) is 18.9 Å². The molecule has 100 valence electrons. The van der Waals surface area contributed by atoms with E-state index in [1.807, 2.05) is 19.9 Å². The van der Waals surface area contributed by atoms with Crippen LogP contribution in [0.15, 0.2) is 48.5 Å². The number of aryl methyl sites for hydroxylation is 1. The number of rotatable bonds is 1. The zero-order valence-electron chi connectivity index (χ0n) is 11.9. The van der Waals surface area contributed by atoms with E-state index in [-0.39, 0.29) is 0 Å². The predicted molar refractivity (Wildman–Crippen MR) is 81.5 cm³/mol. The molecule has 0 bridgehead atoms. The Morgan fingerprint density at radius 3 is 2.47 bits per heavy atom. The summed E-state index contributed by atoms with van der Waals surface area (Å²) in [4.78, 5) is 2.31. The Kier molecular flexibility index (Phi) is 4.45. The van der Waals surface area contributed by atoms with Gasteiger partial charge in [0.15, 0.2) is 0 Å². The Bertz CT molecular complexity index is 522. The Balaban J connectivity index is 0.000000637. The first-order chi connectivity index (χ1) is 9.34. The molecule has 0 spiro atoms. The van der Waals surface area contributed by atoms with E-state index in [4.69, 9.17) is 4.74 Å². The van der Waals surface area contributed by atoms with Gasteiger partial charge in [0.05, 0.1) is 12.2 Å². The molecule has 3 rings (SSSR count). The minimum atomic E-state index is 0.741. The molecule has 0 aliphatic carbocycles. The van der Waals surface area contributed by atoms with E-state index in [9.17, 15) is 0 Å². The third-order valence-corrected chi connectivity index (χ3v) is 3.05. The second-order valence-corrected chi connectivity index (χ2v) is 4.31. The van der Waals surface area contributed by atoms with E-state index >= 15 is 0 Å². The Labute approximate surface area is 115 Å². The number of para-hydroxylation sites is 1. The summed E-state index contributed by atoms with van der Waals surface area (Å²) in [6, 6.07) is 16.8. The molecule has 0 atom stereocenters. The van der Waals surface area contributed by atoms with E-state index in [1.165, 1.54) is 16.9 Å². The van der Waals surface area contributed by atoms with Crippen LogP contribution >= 0.6 is 0 Å². The average molecular weight is 255 g/mol. The lowest BCUT2D eigenvalue weighted by atomic mass is 10.1. The maximum Gasteiger partial charge on any atom is 0.143 e. The molecule has 0 amide bonds. The highest BCUT2D eigenvalue weighted by atomic mass is 16.5. The van der Waals surface area contributed by atoms with E-state index in [1.54, 1.807) is 0 Å². The molecule has 1 aliphatic heterocycles. The van der Waals surface area contributed by atoms with E-state index < -0.39 is 0 Å². The van der Waals surface area contributed by atoms with Crippen molar-refractivity contribution in [3.8, 4) is 5.75 Å². The van der Waals surface area contributed by atoms with Crippen LogP contribution in [0.25, 0.3) is 0 Å². The fourth-order valence-electron chi connectivity index (χ4n) is 2.20. The predicted octanol–water partition coefficient (Wildman–Crippen LogP) is 4.55. The highest BCUT2D eigenvalue weighted by Gasteiger charge is 2.18. The van der Waals surface area contributed by atoms with Gasteiger partial charge in [-0.3, -0.25) is 0 Å². The largest absolute Gasteiger partial charge is 0.490 e. The van der Waals surface area contributed by atoms with E-state index in [2.05, 4.69) is 54.3 Å². The summed E-state index contributed by atoms with van der Waals surface area (Å²) in [5.74, 6) is 0.978. The fourth-order valence-corrected chi connectivity index (χ4v) is 2.20. The summed E-state index contributed by atoms with van der Waals surface area (Å²) in [5.41, 5.74) is 3.65. The summed E-state index contributed by atoms with van der Waals surface area (Å²) in [6.45, 7) is 7.75. The molecular formula is C17H21NO. The summed E-state index contributed by atoms with van der Waals surface area (Å²) < 4.78 is 5.69. The molecule has 2 aromatic rings. The van der Waals surface area contributed by atoms with Crippen molar-refractivity contribution in [1.29, 1.82) is 0 Å². The molecule has 1 aliphatic rings. The van der Waals surface area contributed by atoms with E-state index in [0.29, 0.717) is 0 Å². The lowest BCUT2D eigenvalue weighted by Crippen LogP contribution is -2.28. The van der Waals surface area contributed by atoms with Gasteiger partial charge < -0.3 is 9.64 Å².